The van der Waals surface area contributed by atoms with E-state index in [1.165, 1.54) is 0 Å². The molecule has 1 heterocycles. The fraction of sp³-hybridized carbons (Fsp3) is 0.500. The zero-order chi connectivity index (χ0) is 15.4. The smallest absolute Gasteiger partial charge is 0.226 e. The van der Waals surface area contributed by atoms with Gasteiger partial charge in [-0.05, 0) is 23.6 Å². The number of carbonyl (C=O) groups excluding carboxylic acids is 1. The van der Waals surface area contributed by atoms with E-state index in [2.05, 4.69) is 10.0 Å². The van der Waals surface area contributed by atoms with Gasteiger partial charge in [0.05, 0.1) is 25.9 Å². The topological polar surface area (TPSA) is 87.5 Å². The molecule has 0 fully saturated rings. The molecule has 2 rings (SSSR count). The molecule has 0 aliphatic carbocycles. The summed E-state index contributed by atoms with van der Waals surface area (Å²) in [5.41, 5.74) is 10.4. The molecule has 7 nitrogen and oxygen atoms in total. The summed E-state index contributed by atoms with van der Waals surface area (Å²) in [6.07, 6.45) is 0.962. The number of azide groups is 1. The second-order valence-electron chi connectivity index (χ2n) is 4.76. The van der Waals surface area contributed by atoms with Gasteiger partial charge in [0.25, 0.3) is 0 Å². The molecule has 0 unspecified atom stereocenters. The number of hydrogen-bond acceptors (Lipinski definition) is 4. The van der Waals surface area contributed by atoms with Crippen molar-refractivity contribution in [2.75, 3.05) is 25.7 Å². The van der Waals surface area contributed by atoms with E-state index in [0.29, 0.717) is 30.9 Å². The molecule has 0 saturated carbocycles. The molecule has 21 heavy (non-hydrogen) atoms. The number of methoxy groups -OCH3 is 2. The van der Waals surface area contributed by atoms with E-state index >= 15 is 0 Å². The van der Waals surface area contributed by atoms with Crippen molar-refractivity contribution < 1.29 is 14.3 Å². The van der Waals surface area contributed by atoms with E-state index < -0.39 is 0 Å². The van der Waals surface area contributed by atoms with E-state index in [0.717, 1.165) is 11.3 Å². The Balaban J connectivity index is 2.52. The van der Waals surface area contributed by atoms with E-state index in [1.807, 2.05) is 6.07 Å². The summed E-state index contributed by atoms with van der Waals surface area (Å²) in [7, 11) is 3.12. The van der Waals surface area contributed by atoms with Crippen LogP contribution in [-0.4, -0.2) is 32.7 Å². The first-order chi connectivity index (χ1) is 10.1. The number of ether oxygens (including phenoxy) is 2. The first kappa shape index (κ1) is 15.0. The second-order valence-corrected chi connectivity index (χ2v) is 4.76. The summed E-state index contributed by atoms with van der Waals surface area (Å²) in [5, 5.41) is 3.76. The second kappa shape index (κ2) is 6.37. The molecule has 0 aromatic heterocycles. The van der Waals surface area contributed by atoms with Crippen LogP contribution in [0.25, 0.3) is 10.4 Å². The lowest BCUT2D eigenvalue weighted by molar-refractivity contribution is -0.118. The zero-order valence-corrected chi connectivity index (χ0v) is 12.4. The van der Waals surface area contributed by atoms with Crippen LogP contribution in [0.3, 0.4) is 0 Å². The van der Waals surface area contributed by atoms with Gasteiger partial charge in [-0.3, -0.25) is 4.79 Å². The third kappa shape index (κ3) is 2.87. The van der Waals surface area contributed by atoms with Crippen molar-refractivity contribution >= 4 is 11.6 Å². The fourth-order valence-corrected chi connectivity index (χ4v) is 2.53. The van der Waals surface area contributed by atoms with Gasteiger partial charge in [0.15, 0.2) is 11.5 Å². The Hall–Kier alpha value is -2.40. The molecule has 1 aliphatic heterocycles. The summed E-state index contributed by atoms with van der Waals surface area (Å²) in [6, 6.07) is 3.37. The van der Waals surface area contributed by atoms with Crippen molar-refractivity contribution in [1.82, 2.24) is 0 Å². The van der Waals surface area contributed by atoms with Gasteiger partial charge >= 0.3 is 0 Å². The third-order valence-corrected chi connectivity index (χ3v) is 3.54. The number of fused-ring (bicyclic) bond motifs is 1. The van der Waals surface area contributed by atoms with Gasteiger partial charge in [-0.25, -0.2) is 0 Å². The minimum absolute atomic E-state index is 0.0127. The van der Waals surface area contributed by atoms with E-state index in [1.54, 1.807) is 32.1 Å². The normalized spacial score (nSPS) is 16.7. The summed E-state index contributed by atoms with van der Waals surface area (Å²) in [4.78, 5) is 16.7. The molecule has 1 aliphatic rings. The maximum atomic E-state index is 12.2. The van der Waals surface area contributed by atoms with Gasteiger partial charge < -0.3 is 14.4 Å². The molecule has 0 saturated heterocycles. The van der Waals surface area contributed by atoms with Crippen molar-refractivity contribution in [3.8, 4) is 11.5 Å². The van der Waals surface area contributed by atoms with Gasteiger partial charge in [-0.1, -0.05) is 12.0 Å². The number of anilines is 1. The van der Waals surface area contributed by atoms with Gasteiger partial charge in [-0.2, -0.15) is 0 Å². The Labute approximate surface area is 123 Å². The van der Waals surface area contributed by atoms with E-state index in [-0.39, 0.29) is 11.9 Å². The van der Waals surface area contributed by atoms with Gasteiger partial charge in [0.2, 0.25) is 5.91 Å². The fourth-order valence-electron chi connectivity index (χ4n) is 2.53. The first-order valence-electron chi connectivity index (χ1n) is 6.74. The van der Waals surface area contributed by atoms with Crippen LogP contribution in [0, 0.1) is 0 Å². The van der Waals surface area contributed by atoms with E-state index in [9.17, 15) is 4.79 Å². The number of carbonyl (C=O) groups is 1. The highest BCUT2D eigenvalue weighted by Crippen LogP contribution is 2.38. The molecule has 0 N–H and O–H groups in total. The van der Waals surface area contributed by atoms with E-state index in [4.69, 9.17) is 15.0 Å². The van der Waals surface area contributed by atoms with Crippen molar-refractivity contribution in [3.05, 3.63) is 28.1 Å². The lowest BCUT2D eigenvalue weighted by Crippen LogP contribution is -2.41. The quantitative estimate of drug-likeness (QED) is 0.485. The van der Waals surface area contributed by atoms with Crippen molar-refractivity contribution in [2.45, 2.75) is 25.8 Å². The Morgan fingerprint density at radius 1 is 1.43 bits per heavy atom. The molecule has 0 bridgehead atoms. The Bertz CT molecular complexity index is 596. The molecule has 1 atom stereocenters. The van der Waals surface area contributed by atoms with Crippen molar-refractivity contribution in [2.24, 2.45) is 5.11 Å². The lowest BCUT2D eigenvalue weighted by atomic mass is 9.97. The average molecular weight is 290 g/mol. The first-order valence-corrected chi connectivity index (χ1v) is 6.74. The summed E-state index contributed by atoms with van der Waals surface area (Å²) in [6.45, 7) is 2.19. The van der Waals surface area contributed by atoms with Crippen LogP contribution in [0.2, 0.25) is 0 Å². The van der Waals surface area contributed by atoms with Crippen molar-refractivity contribution in [3.63, 3.8) is 0 Å². The molecule has 1 amide bonds. The monoisotopic (exact) mass is 290 g/mol. The van der Waals surface area contributed by atoms with Crippen LogP contribution < -0.4 is 14.4 Å². The molecule has 0 radical (unpaired) electrons. The van der Waals surface area contributed by atoms with Gasteiger partial charge in [-0.15, -0.1) is 0 Å². The maximum absolute atomic E-state index is 12.2. The highest BCUT2D eigenvalue weighted by Gasteiger charge is 2.29. The highest BCUT2D eigenvalue weighted by molar-refractivity contribution is 5.95. The molecule has 112 valence electrons. The van der Waals surface area contributed by atoms with Crippen LogP contribution in [0.5, 0.6) is 11.5 Å². The SMILES string of the molecule is CCC(=O)N1C[C@@H](N=[N+]=[N-])Cc2cc(OC)c(OC)cc21. The zero-order valence-electron chi connectivity index (χ0n) is 12.4. The molecule has 0 spiro atoms. The number of nitrogens with zero attached hydrogens (tertiary/aromatic N) is 4. The van der Waals surface area contributed by atoms with Crippen LogP contribution in [0.4, 0.5) is 5.69 Å². The molecule has 1 aromatic rings. The number of rotatable bonds is 4. The number of benzene rings is 1. The minimum atomic E-state index is -0.267. The van der Waals surface area contributed by atoms with Crippen LogP contribution in [0.15, 0.2) is 17.2 Å². The van der Waals surface area contributed by atoms with Gasteiger partial charge in [0.1, 0.15) is 0 Å². The number of hydrogen-bond donors (Lipinski definition) is 0. The Kier molecular flexibility index (Phi) is 4.55. The largest absolute Gasteiger partial charge is 0.493 e. The molecule has 7 heteroatoms. The Morgan fingerprint density at radius 3 is 2.67 bits per heavy atom. The third-order valence-electron chi connectivity index (χ3n) is 3.54. The lowest BCUT2D eigenvalue weighted by Gasteiger charge is -2.33. The Morgan fingerprint density at radius 2 is 2.10 bits per heavy atom. The number of amides is 1. The van der Waals surface area contributed by atoms with Crippen LogP contribution >= 0.6 is 0 Å². The summed E-state index contributed by atoms with van der Waals surface area (Å²) >= 11 is 0. The summed E-state index contributed by atoms with van der Waals surface area (Å²) < 4.78 is 10.6. The van der Waals surface area contributed by atoms with Crippen LogP contribution in [-0.2, 0) is 11.2 Å². The van der Waals surface area contributed by atoms with Gasteiger partial charge in [0, 0.05) is 23.9 Å². The molecular formula is C14H18N4O3. The predicted octanol–water partition coefficient (Wildman–Crippen LogP) is 2.68. The molecular weight excluding hydrogens is 272 g/mol. The summed E-state index contributed by atoms with van der Waals surface area (Å²) in [5.74, 6) is 1.16. The predicted molar refractivity (Wildman–Crippen MR) is 78.8 cm³/mol. The van der Waals surface area contributed by atoms with Crippen LogP contribution in [0.1, 0.15) is 18.9 Å². The molecule has 1 aromatic carbocycles. The maximum Gasteiger partial charge on any atom is 0.226 e. The minimum Gasteiger partial charge on any atom is -0.493 e. The van der Waals surface area contributed by atoms with Crippen molar-refractivity contribution in [1.29, 1.82) is 0 Å². The average Bonchev–Trinajstić information content (AvgIpc) is 2.52. The standard InChI is InChI=1S/C14H18N4O3/c1-4-14(19)18-8-10(16-17-15)5-9-6-12(20-2)13(21-3)7-11(9)18/h6-7,10H,4-5,8H2,1-3H3/t10-/m0/s1. The highest BCUT2D eigenvalue weighted by atomic mass is 16.5.